The second kappa shape index (κ2) is 4.05. The van der Waals surface area contributed by atoms with E-state index in [1.807, 2.05) is 25.3 Å². The lowest BCUT2D eigenvalue weighted by Crippen LogP contribution is -2.08. The Labute approximate surface area is 106 Å². The number of hydrogen-bond acceptors (Lipinski definition) is 4. The fraction of sp³-hybridized carbons (Fsp3) is 0.500. The normalized spacial score (nSPS) is 22.6. The summed E-state index contributed by atoms with van der Waals surface area (Å²) in [5.41, 5.74) is 1.93. The standard InChI is InChI=1S/C12H15N3O2S/c1-9-3-2-5-15-12(9)13-11(14-15)7-10-4-6-18(16,17)8-10/h2-3,5,10H,4,6-8H2,1H3. The fourth-order valence-electron chi connectivity index (χ4n) is 2.46. The Morgan fingerprint density at radius 3 is 3.00 bits per heavy atom. The van der Waals surface area contributed by atoms with E-state index in [1.165, 1.54) is 0 Å². The molecule has 18 heavy (non-hydrogen) atoms. The van der Waals surface area contributed by atoms with Crippen molar-refractivity contribution in [2.75, 3.05) is 11.5 Å². The second-order valence-electron chi connectivity index (χ2n) is 4.96. The summed E-state index contributed by atoms with van der Waals surface area (Å²) in [6, 6.07) is 3.93. The first kappa shape index (κ1) is 11.6. The Bertz CT molecular complexity index is 690. The van der Waals surface area contributed by atoms with E-state index in [2.05, 4.69) is 10.1 Å². The Morgan fingerprint density at radius 1 is 1.50 bits per heavy atom. The number of rotatable bonds is 2. The van der Waals surface area contributed by atoms with Crippen LogP contribution in [0.15, 0.2) is 18.3 Å². The zero-order valence-electron chi connectivity index (χ0n) is 10.2. The third-order valence-electron chi connectivity index (χ3n) is 3.40. The van der Waals surface area contributed by atoms with E-state index in [4.69, 9.17) is 0 Å². The molecular weight excluding hydrogens is 250 g/mol. The number of sulfone groups is 1. The van der Waals surface area contributed by atoms with E-state index < -0.39 is 9.84 Å². The molecule has 5 nitrogen and oxygen atoms in total. The largest absolute Gasteiger partial charge is 0.229 e. The summed E-state index contributed by atoms with van der Waals surface area (Å²) < 4.78 is 24.6. The average Bonchev–Trinajstić information content (AvgIpc) is 2.83. The highest BCUT2D eigenvalue weighted by molar-refractivity contribution is 7.91. The monoisotopic (exact) mass is 265 g/mol. The zero-order chi connectivity index (χ0) is 12.8. The number of fused-ring (bicyclic) bond motifs is 1. The molecule has 2 aromatic rings. The first-order valence-corrected chi connectivity index (χ1v) is 7.87. The van der Waals surface area contributed by atoms with Crippen molar-refractivity contribution in [2.24, 2.45) is 5.92 Å². The molecule has 96 valence electrons. The predicted molar refractivity (Wildman–Crippen MR) is 68.2 cm³/mol. The topological polar surface area (TPSA) is 64.3 Å². The van der Waals surface area contributed by atoms with E-state index in [1.54, 1.807) is 4.52 Å². The molecule has 1 unspecified atom stereocenters. The van der Waals surface area contributed by atoms with E-state index >= 15 is 0 Å². The predicted octanol–water partition coefficient (Wildman–Crippen LogP) is 1.01. The molecule has 0 radical (unpaired) electrons. The van der Waals surface area contributed by atoms with Crippen LogP contribution in [0.5, 0.6) is 0 Å². The molecule has 0 amide bonds. The molecule has 0 bridgehead atoms. The summed E-state index contributed by atoms with van der Waals surface area (Å²) in [5, 5.41) is 4.40. The molecule has 0 N–H and O–H groups in total. The number of hydrogen-bond donors (Lipinski definition) is 0. The molecule has 1 atom stereocenters. The van der Waals surface area contributed by atoms with Gasteiger partial charge in [-0.1, -0.05) is 6.07 Å². The number of aromatic nitrogens is 3. The van der Waals surface area contributed by atoms with Gasteiger partial charge in [-0.3, -0.25) is 0 Å². The molecule has 0 saturated carbocycles. The van der Waals surface area contributed by atoms with Crippen LogP contribution in [0.3, 0.4) is 0 Å². The molecule has 3 heterocycles. The van der Waals surface area contributed by atoms with Crippen LogP contribution in [0, 0.1) is 12.8 Å². The summed E-state index contributed by atoms with van der Waals surface area (Å²) in [6.07, 6.45) is 3.25. The molecule has 1 saturated heterocycles. The average molecular weight is 265 g/mol. The van der Waals surface area contributed by atoms with Gasteiger partial charge < -0.3 is 0 Å². The fourth-order valence-corrected chi connectivity index (χ4v) is 4.32. The van der Waals surface area contributed by atoms with Crippen molar-refractivity contribution in [1.29, 1.82) is 0 Å². The molecule has 2 aromatic heterocycles. The summed E-state index contributed by atoms with van der Waals surface area (Å²) in [5.74, 6) is 1.50. The number of pyridine rings is 1. The lowest BCUT2D eigenvalue weighted by molar-refractivity contribution is 0.569. The first-order chi connectivity index (χ1) is 8.53. The van der Waals surface area contributed by atoms with Crippen molar-refractivity contribution in [3.05, 3.63) is 29.7 Å². The lowest BCUT2D eigenvalue weighted by atomic mass is 10.1. The minimum Gasteiger partial charge on any atom is -0.229 e. The molecule has 1 aliphatic rings. The van der Waals surface area contributed by atoms with Crippen LogP contribution in [-0.2, 0) is 16.3 Å². The van der Waals surface area contributed by atoms with Crippen molar-refractivity contribution < 1.29 is 8.42 Å². The Morgan fingerprint density at radius 2 is 2.33 bits per heavy atom. The van der Waals surface area contributed by atoms with Crippen molar-refractivity contribution in [3.63, 3.8) is 0 Å². The molecule has 0 spiro atoms. The number of nitrogens with zero attached hydrogens (tertiary/aromatic N) is 3. The summed E-state index contributed by atoms with van der Waals surface area (Å²) in [4.78, 5) is 4.48. The Hall–Kier alpha value is -1.43. The van der Waals surface area contributed by atoms with Crippen LogP contribution in [0.2, 0.25) is 0 Å². The quantitative estimate of drug-likeness (QED) is 0.813. The van der Waals surface area contributed by atoms with Gasteiger partial charge in [-0.25, -0.2) is 17.9 Å². The van der Waals surface area contributed by atoms with Gasteiger partial charge in [0.2, 0.25) is 0 Å². The van der Waals surface area contributed by atoms with Gasteiger partial charge in [0, 0.05) is 12.6 Å². The van der Waals surface area contributed by atoms with Crippen LogP contribution in [0.25, 0.3) is 5.65 Å². The van der Waals surface area contributed by atoms with Gasteiger partial charge in [0.25, 0.3) is 0 Å². The van der Waals surface area contributed by atoms with E-state index in [0.29, 0.717) is 12.2 Å². The highest BCUT2D eigenvalue weighted by Gasteiger charge is 2.28. The van der Waals surface area contributed by atoms with E-state index in [9.17, 15) is 8.42 Å². The molecule has 1 fully saturated rings. The molecule has 0 aliphatic carbocycles. The molecule has 3 rings (SSSR count). The van der Waals surface area contributed by atoms with Gasteiger partial charge in [-0.2, -0.15) is 5.10 Å². The summed E-state index contributed by atoms with van der Waals surface area (Å²) >= 11 is 0. The van der Waals surface area contributed by atoms with Crippen molar-refractivity contribution in [1.82, 2.24) is 14.6 Å². The highest BCUT2D eigenvalue weighted by atomic mass is 32.2. The van der Waals surface area contributed by atoms with E-state index in [0.717, 1.165) is 23.5 Å². The third kappa shape index (κ3) is 2.12. The van der Waals surface area contributed by atoms with E-state index in [-0.39, 0.29) is 11.7 Å². The zero-order valence-corrected chi connectivity index (χ0v) is 11.0. The van der Waals surface area contributed by atoms with Crippen LogP contribution in [0.1, 0.15) is 17.8 Å². The minimum atomic E-state index is -2.82. The SMILES string of the molecule is Cc1cccn2nc(CC3CCS(=O)(=O)C3)nc12. The van der Waals surface area contributed by atoms with Gasteiger partial charge in [-0.15, -0.1) is 0 Å². The second-order valence-corrected chi connectivity index (χ2v) is 7.19. The Balaban J connectivity index is 1.86. The van der Waals surface area contributed by atoms with Crippen molar-refractivity contribution >= 4 is 15.5 Å². The lowest BCUT2D eigenvalue weighted by Gasteiger charge is -2.01. The summed E-state index contributed by atoms with van der Waals surface area (Å²) in [6.45, 7) is 1.99. The van der Waals surface area contributed by atoms with Gasteiger partial charge in [0.1, 0.15) is 0 Å². The van der Waals surface area contributed by atoms with Gasteiger partial charge >= 0.3 is 0 Å². The van der Waals surface area contributed by atoms with Crippen LogP contribution in [0.4, 0.5) is 0 Å². The van der Waals surface area contributed by atoms with Gasteiger partial charge in [0.05, 0.1) is 11.5 Å². The van der Waals surface area contributed by atoms with Crippen molar-refractivity contribution in [2.45, 2.75) is 19.8 Å². The Kier molecular flexibility index (Phi) is 2.62. The minimum absolute atomic E-state index is 0.174. The molecule has 1 aliphatic heterocycles. The maximum absolute atomic E-state index is 11.4. The van der Waals surface area contributed by atoms with Gasteiger partial charge in [0.15, 0.2) is 21.3 Å². The third-order valence-corrected chi connectivity index (χ3v) is 5.24. The van der Waals surface area contributed by atoms with Crippen LogP contribution >= 0.6 is 0 Å². The maximum atomic E-state index is 11.4. The highest BCUT2D eigenvalue weighted by Crippen LogP contribution is 2.21. The summed E-state index contributed by atoms with van der Waals surface area (Å²) in [7, 11) is -2.82. The van der Waals surface area contributed by atoms with Crippen molar-refractivity contribution in [3.8, 4) is 0 Å². The number of aryl methyl sites for hydroxylation is 1. The van der Waals surface area contributed by atoms with Crippen LogP contribution < -0.4 is 0 Å². The first-order valence-electron chi connectivity index (χ1n) is 6.05. The molecule has 0 aromatic carbocycles. The van der Waals surface area contributed by atoms with Gasteiger partial charge in [-0.05, 0) is 30.9 Å². The van der Waals surface area contributed by atoms with Crippen LogP contribution in [-0.4, -0.2) is 34.5 Å². The molecule has 6 heteroatoms. The smallest absolute Gasteiger partial charge is 0.158 e. The molecular formula is C12H15N3O2S. The maximum Gasteiger partial charge on any atom is 0.158 e.